The van der Waals surface area contributed by atoms with E-state index in [0.29, 0.717) is 46.3 Å². The van der Waals surface area contributed by atoms with Crippen molar-refractivity contribution in [2.75, 3.05) is 45.5 Å². The Balaban J connectivity index is 1.68. The summed E-state index contributed by atoms with van der Waals surface area (Å²) >= 11 is 13.6. The topological polar surface area (TPSA) is 124 Å². The van der Waals surface area contributed by atoms with Crippen LogP contribution in [0.5, 0.6) is 11.5 Å². The van der Waals surface area contributed by atoms with Crippen LogP contribution < -0.4 is 25.7 Å². The van der Waals surface area contributed by atoms with E-state index in [1.165, 1.54) is 26.6 Å². The van der Waals surface area contributed by atoms with Gasteiger partial charge in [0.15, 0.2) is 0 Å². The molecule has 0 bridgehead atoms. The Hall–Kier alpha value is -4.97. The van der Waals surface area contributed by atoms with E-state index in [4.69, 9.17) is 32.7 Å². The summed E-state index contributed by atoms with van der Waals surface area (Å²) in [6, 6.07) is 13.6. The number of likely N-dealkylation sites (N-methyl/N-ethyl adjacent to an activating group) is 1. The zero-order valence-electron chi connectivity index (χ0n) is 26.4. The predicted octanol–water partition coefficient (Wildman–Crippen LogP) is 6.59. The number of hydrogen-bond acceptors (Lipinski definition) is 9. The number of hydrogen-bond donors (Lipinski definition) is 2. The van der Waals surface area contributed by atoms with Crippen LogP contribution in [0.2, 0.25) is 10.0 Å². The molecule has 0 saturated heterocycles. The molecule has 242 valence electrons. The number of nitrogens with one attached hydrogen (secondary N) is 2. The van der Waals surface area contributed by atoms with Crippen molar-refractivity contribution in [2.24, 2.45) is 0 Å². The fourth-order valence-corrected chi connectivity index (χ4v) is 5.77. The Kier molecular flexibility index (Phi) is 10.4. The standard InChI is InChI=1S/C34H33Cl2N7O4/c1-20(21-8-6-9-23(14-21)40-30(44)10-7-13-42(2)3)43-25-16-29(41-28-11-12-37-19-39-28)38-18-22(25)15-24(34(43)45)31-32(35)26(46-4)17-27(47-5)33(31)36/h6-12,14-20H,13H2,1-5H3,(H,40,44)(H,37,38,39,41)/b10-7+. The van der Waals surface area contributed by atoms with Crippen LogP contribution in [0.1, 0.15) is 18.5 Å². The van der Waals surface area contributed by atoms with Crippen LogP contribution in [0.25, 0.3) is 22.0 Å². The van der Waals surface area contributed by atoms with Gasteiger partial charge in [0.05, 0.1) is 41.4 Å². The van der Waals surface area contributed by atoms with E-state index in [1.807, 2.05) is 44.1 Å². The van der Waals surface area contributed by atoms with Gasteiger partial charge in [-0.15, -0.1) is 0 Å². The lowest BCUT2D eigenvalue weighted by molar-refractivity contribution is -0.111. The molecule has 0 aliphatic rings. The molecule has 3 heterocycles. The van der Waals surface area contributed by atoms with Gasteiger partial charge in [-0.05, 0) is 50.8 Å². The lowest BCUT2D eigenvalue weighted by atomic mass is 10.0. The highest BCUT2D eigenvalue weighted by Gasteiger charge is 2.25. The lowest BCUT2D eigenvalue weighted by Gasteiger charge is -2.22. The number of halogens is 2. The van der Waals surface area contributed by atoms with E-state index >= 15 is 0 Å². The number of anilines is 3. The smallest absolute Gasteiger partial charge is 0.259 e. The number of ether oxygens (including phenoxy) is 2. The first-order valence-electron chi connectivity index (χ1n) is 14.5. The average molecular weight is 675 g/mol. The number of rotatable bonds is 11. The Bertz CT molecular complexity index is 1990. The van der Waals surface area contributed by atoms with Crippen LogP contribution in [-0.2, 0) is 4.79 Å². The van der Waals surface area contributed by atoms with Gasteiger partial charge < -0.3 is 29.6 Å². The number of aromatic nitrogens is 4. The third kappa shape index (κ3) is 7.38. The molecule has 0 spiro atoms. The Morgan fingerprint density at radius 1 is 1.02 bits per heavy atom. The van der Waals surface area contributed by atoms with Gasteiger partial charge in [0.1, 0.15) is 29.5 Å². The molecule has 47 heavy (non-hydrogen) atoms. The molecule has 5 aromatic rings. The largest absolute Gasteiger partial charge is 0.495 e. The third-order valence-electron chi connectivity index (χ3n) is 7.37. The summed E-state index contributed by atoms with van der Waals surface area (Å²) in [6.07, 6.45) is 7.96. The van der Waals surface area contributed by atoms with Crippen molar-refractivity contribution in [2.45, 2.75) is 13.0 Å². The van der Waals surface area contributed by atoms with E-state index in [9.17, 15) is 9.59 Å². The molecule has 3 aromatic heterocycles. The zero-order valence-corrected chi connectivity index (χ0v) is 27.9. The van der Waals surface area contributed by atoms with E-state index in [2.05, 4.69) is 25.6 Å². The quantitative estimate of drug-likeness (QED) is 0.150. The van der Waals surface area contributed by atoms with Crippen molar-refractivity contribution in [3.05, 3.63) is 105 Å². The molecule has 1 unspecified atom stereocenters. The molecule has 0 saturated carbocycles. The summed E-state index contributed by atoms with van der Waals surface area (Å²) in [4.78, 5) is 41.9. The van der Waals surface area contributed by atoms with Crippen molar-refractivity contribution in [3.8, 4) is 22.6 Å². The molecule has 0 aliphatic heterocycles. The van der Waals surface area contributed by atoms with Gasteiger partial charge in [0, 0.05) is 53.8 Å². The van der Waals surface area contributed by atoms with Gasteiger partial charge in [0.2, 0.25) is 5.91 Å². The fourth-order valence-electron chi connectivity index (χ4n) is 5.06. The van der Waals surface area contributed by atoms with E-state index in [0.717, 1.165) is 5.56 Å². The minimum atomic E-state index is -0.523. The van der Waals surface area contributed by atoms with E-state index in [1.54, 1.807) is 53.4 Å². The zero-order chi connectivity index (χ0) is 33.7. The second-order valence-electron chi connectivity index (χ2n) is 10.8. The molecule has 1 atom stereocenters. The fraction of sp³-hybridized carbons (Fsp3) is 0.206. The Morgan fingerprint density at radius 2 is 1.77 bits per heavy atom. The number of pyridine rings is 2. The van der Waals surface area contributed by atoms with Crippen molar-refractivity contribution >= 4 is 57.3 Å². The minimum absolute atomic E-state index is 0.163. The van der Waals surface area contributed by atoms with Crippen LogP contribution >= 0.6 is 23.2 Å². The summed E-state index contributed by atoms with van der Waals surface area (Å²) in [7, 11) is 6.79. The van der Waals surface area contributed by atoms with Crippen LogP contribution in [0.3, 0.4) is 0 Å². The molecule has 5 rings (SSSR count). The second kappa shape index (κ2) is 14.6. The summed E-state index contributed by atoms with van der Waals surface area (Å²) < 4.78 is 12.6. The number of fused-ring (bicyclic) bond motifs is 1. The molecule has 0 radical (unpaired) electrons. The number of methoxy groups -OCH3 is 2. The summed E-state index contributed by atoms with van der Waals surface area (Å²) in [5.74, 6) is 1.34. The van der Waals surface area contributed by atoms with Crippen LogP contribution in [0, 0.1) is 0 Å². The highest BCUT2D eigenvalue weighted by Crippen LogP contribution is 2.45. The van der Waals surface area contributed by atoms with E-state index in [-0.39, 0.29) is 32.6 Å². The van der Waals surface area contributed by atoms with Crippen molar-refractivity contribution in [3.63, 3.8) is 0 Å². The number of carbonyl (C=O) groups is 1. The molecule has 11 nitrogen and oxygen atoms in total. The number of nitrogens with zero attached hydrogens (tertiary/aromatic N) is 5. The molecule has 1 amide bonds. The monoisotopic (exact) mass is 673 g/mol. The first kappa shape index (κ1) is 33.4. The van der Waals surface area contributed by atoms with Gasteiger partial charge in [-0.3, -0.25) is 9.59 Å². The number of amides is 1. The van der Waals surface area contributed by atoms with E-state index < -0.39 is 6.04 Å². The highest BCUT2D eigenvalue weighted by atomic mass is 35.5. The van der Waals surface area contributed by atoms with Gasteiger partial charge in [-0.25, -0.2) is 15.0 Å². The van der Waals surface area contributed by atoms with Gasteiger partial charge in [-0.2, -0.15) is 0 Å². The molecule has 2 aromatic carbocycles. The number of carbonyl (C=O) groups excluding carboxylic acids is 1. The van der Waals surface area contributed by atoms with Gasteiger partial charge >= 0.3 is 0 Å². The SMILES string of the molecule is COc1cc(OC)c(Cl)c(-c2cc3cnc(Nc4ccncn4)cc3n(C(C)c3cccc(NC(=O)/C=C/CN(C)C)c3)c2=O)c1Cl. The lowest BCUT2D eigenvalue weighted by Crippen LogP contribution is -2.26. The number of benzene rings is 2. The van der Waals surface area contributed by atoms with Crippen molar-refractivity contribution < 1.29 is 14.3 Å². The van der Waals surface area contributed by atoms with Crippen LogP contribution in [0.15, 0.2) is 84.2 Å². The summed E-state index contributed by atoms with van der Waals surface area (Å²) in [5.41, 5.74) is 2.06. The predicted molar refractivity (Wildman–Crippen MR) is 186 cm³/mol. The Labute approximate surface area is 281 Å². The van der Waals surface area contributed by atoms with Gasteiger partial charge in [-0.1, -0.05) is 41.4 Å². The highest BCUT2D eigenvalue weighted by molar-refractivity contribution is 6.41. The Morgan fingerprint density at radius 3 is 2.43 bits per heavy atom. The third-order valence-corrected chi connectivity index (χ3v) is 8.12. The summed E-state index contributed by atoms with van der Waals surface area (Å²) in [6.45, 7) is 2.53. The maximum atomic E-state index is 14.6. The molecule has 2 N–H and O–H groups in total. The maximum absolute atomic E-state index is 14.6. The van der Waals surface area contributed by atoms with Crippen molar-refractivity contribution in [1.29, 1.82) is 0 Å². The molecule has 0 aliphatic carbocycles. The maximum Gasteiger partial charge on any atom is 0.259 e. The molecular formula is C34H33Cl2N7O4. The van der Waals surface area contributed by atoms with Crippen LogP contribution in [0.4, 0.5) is 17.3 Å². The molecular weight excluding hydrogens is 641 g/mol. The first-order valence-corrected chi connectivity index (χ1v) is 15.3. The second-order valence-corrected chi connectivity index (χ2v) is 11.6. The molecule has 0 fully saturated rings. The molecule has 13 heteroatoms. The summed E-state index contributed by atoms with van der Waals surface area (Å²) in [5, 5.41) is 7.03. The van der Waals surface area contributed by atoms with Gasteiger partial charge in [0.25, 0.3) is 5.56 Å². The average Bonchev–Trinajstić information content (AvgIpc) is 3.05. The first-order chi connectivity index (χ1) is 22.6. The van der Waals surface area contributed by atoms with Crippen LogP contribution in [-0.4, -0.2) is 65.2 Å². The normalized spacial score (nSPS) is 12.0. The van der Waals surface area contributed by atoms with Crippen molar-refractivity contribution in [1.82, 2.24) is 24.4 Å². The minimum Gasteiger partial charge on any atom is -0.495 e.